The first-order valence-corrected chi connectivity index (χ1v) is 5.84. The highest BCUT2D eigenvalue weighted by Crippen LogP contribution is 2.31. The van der Waals surface area contributed by atoms with E-state index in [9.17, 15) is 4.79 Å². The van der Waals surface area contributed by atoms with Crippen molar-refractivity contribution < 1.29 is 9.53 Å². The maximum absolute atomic E-state index is 11.8. The Balaban J connectivity index is 2.41. The van der Waals surface area contributed by atoms with Crippen LogP contribution in [0.3, 0.4) is 0 Å². The Morgan fingerprint density at radius 1 is 1.53 bits per heavy atom. The molecular formula is C11H13N3O2S. The van der Waals surface area contributed by atoms with Crippen molar-refractivity contribution in [1.82, 2.24) is 15.4 Å². The van der Waals surface area contributed by atoms with Crippen LogP contribution in [0, 0.1) is 0 Å². The van der Waals surface area contributed by atoms with Crippen LogP contribution in [-0.4, -0.2) is 37.1 Å². The SMILES string of the molecule is COc1ccnc2cc(C(=O)NN(C)C)sc12. The summed E-state index contributed by atoms with van der Waals surface area (Å²) in [6.07, 6.45) is 1.67. The number of hydrazine groups is 1. The molecule has 0 bridgehead atoms. The van der Waals surface area contributed by atoms with Crippen LogP contribution in [0.1, 0.15) is 9.67 Å². The molecule has 1 amide bonds. The Morgan fingerprint density at radius 2 is 2.29 bits per heavy atom. The van der Waals surface area contributed by atoms with Crippen LogP contribution >= 0.6 is 11.3 Å². The van der Waals surface area contributed by atoms with E-state index in [1.165, 1.54) is 11.3 Å². The first-order valence-electron chi connectivity index (χ1n) is 5.02. The number of thiophene rings is 1. The zero-order chi connectivity index (χ0) is 12.4. The number of pyridine rings is 1. The van der Waals surface area contributed by atoms with Crippen LogP contribution < -0.4 is 10.2 Å². The van der Waals surface area contributed by atoms with Gasteiger partial charge in [0.15, 0.2) is 0 Å². The molecule has 1 N–H and O–H groups in total. The number of ether oxygens (including phenoxy) is 1. The number of carbonyl (C=O) groups excluding carboxylic acids is 1. The molecule has 2 aromatic heterocycles. The van der Waals surface area contributed by atoms with Crippen molar-refractivity contribution in [3.63, 3.8) is 0 Å². The van der Waals surface area contributed by atoms with Gasteiger partial charge in [0.05, 0.1) is 22.2 Å². The third-order valence-corrected chi connectivity index (χ3v) is 3.28. The molecule has 0 aliphatic carbocycles. The van der Waals surface area contributed by atoms with E-state index in [2.05, 4.69) is 10.4 Å². The Morgan fingerprint density at radius 3 is 2.94 bits per heavy atom. The standard InChI is InChI=1S/C11H13N3O2S/c1-14(2)13-11(15)9-6-7-10(17-9)8(16-3)4-5-12-7/h4-6H,1-3H3,(H,13,15). The molecule has 2 aromatic rings. The molecule has 0 radical (unpaired) electrons. The predicted molar refractivity (Wildman–Crippen MR) is 67.3 cm³/mol. The topological polar surface area (TPSA) is 54.5 Å². The number of nitrogens with one attached hydrogen (secondary N) is 1. The number of hydrogen-bond donors (Lipinski definition) is 1. The second kappa shape index (κ2) is 4.68. The zero-order valence-corrected chi connectivity index (χ0v) is 10.7. The molecular weight excluding hydrogens is 238 g/mol. The number of amides is 1. The minimum Gasteiger partial charge on any atom is -0.495 e. The van der Waals surface area contributed by atoms with Crippen molar-refractivity contribution >= 4 is 27.5 Å². The highest BCUT2D eigenvalue weighted by molar-refractivity contribution is 7.21. The highest BCUT2D eigenvalue weighted by atomic mass is 32.1. The van der Waals surface area contributed by atoms with Gasteiger partial charge >= 0.3 is 0 Å². The van der Waals surface area contributed by atoms with Crippen LogP contribution in [0.25, 0.3) is 10.2 Å². The second-order valence-electron chi connectivity index (χ2n) is 3.67. The summed E-state index contributed by atoms with van der Waals surface area (Å²) in [6.45, 7) is 0. The van der Waals surface area contributed by atoms with Gasteiger partial charge in [0.1, 0.15) is 5.75 Å². The van der Waals surface area contributed by atoms with Crippen molar-refractivity contribution in [2.75, 3.05) is 21.2 Å². The molecule has 90 valence electrons. The molecule has 5 nitrogen and oxygen atoms in total. The summed E-state index contributed by atoms with van der Waals surface area (Å²) in [5, 5.41) is 1.61. The normalized spacial score (nSPS) is 10.8. The molecule has 0 aliphatic heterocycles. The number of methoxy groups -OCH3 is 1. The van der Waals surface area contributed by atoms with E-state index in [-0.39, 0.29) is 5.91 Å². The fourth-order valence-corrected chi connectivity index (χ4v) is 2.44. The fourth-order valence-electron chi connectivity index (χ4n) is 1.45. The molecule has 0 aliphatic rings. The third-order valence-electron chi connectivity index (χ3n) is 2.14. The van der Waals surface area contributed by atoms with Gasteiger partial charge in [-0.3, -0.25) is 15.2 Å². The molecule has 0 aromatic carbocycles. The van der Waals surface area contributed by atoms with E-state index in [4.69, 9.17) is 4.74 Å². The fraction of sp³-hybridized carbons (Fsp3) is 0.273. The third kappa shape index (κ3) is 2.37. The number of hydrogen-bond acceptors (Lipinski definition) is 5. The van der Waals surface area contributed by atoms with Crippen molar-refractivity contribution in [3.05, 3.63) is 23.2 Å². The van der Waals surface area contributed by atoms with E-state index in [1.807, 2.05) is 0 Å². The van der Waals surface area contributed by atoms with Gasteiger partial charge < -0.3 is 4.74 Å². The van der Waals surface area contributed by atoms with Crippen LogP contribution in [0.2, 0.25) is 0 Å². The van der Waals surface area contributed by atoms with E-state index in [0.717, 1.165) is 16.0 Å². The van der Waals surface area contributed by atoms with Crippen molar-refractivity contribution in [1.29, 1.82) is 0 Å². The molecule has 6 heteroatoms. The van der Waals surface area contributed by atoms with Crippen molar-refractivity contribution in [2.45, 2.75) is 0 Å². The number of aromatic nitrogens is 1. The number of rotatable bonds is 3. The smallest absolute Gasteiger partial charge is 0.275 e. The molecule has 2 rings (SSSR count). The average Bonchev–Trinajstić information content (AvgIpc) is 2.71. The number of fused-ring (bicyclic) bond motifs is 1. The first-order chi connectivity index (χ1) is 8.11. The minimum atomic E-state index is -0.139. The first kappa shape index (κ1) is 11.8. The molecule has 0 fully saturated rings. The maximum Gasteiger partial charge on any atom is 0.275 e. The predicted octanol–water partition coefficient (Wildman–Crippen LogP) is 1.51. The van der Waals surface area contributed by atoms with Gasteiger partial charge in [0.25, 0.3) is 5.91 Å². The quantitative estimate of drug-likeness (QED) is 0.840. The number of carbonyl (C=O) groups is 1. The largest absolute Gasteiger partial charge is 0.495 e. The summed E-state index contributed by atoms with van der Waals surface area (Å²) in [5.74, 6) is 0.601. The van der Waals surface area contributed by atoms with E-state index in [1.54, 1.807) is 44.5 Å². The van der Waals surface area contributed by atoms with Gasteiger partial charge in [0.2, 0.25) is 0 Å². The summed E-state index contributed by atoms with van der Waals surface area (Å²) >= 11 is 1.37. The summed E-state index contributed by atoms with van der Waals surface area (Å²) in [7, 11) is 5.14. The lowest BCUT2D eigenvalue weighted by atomic mass is 10.3. The average molecular weight is 251 g/mol. The Bertz CT molecular complexity index is 551. The Kier molecular flexibility index (Phi) is 3.26. The van der Waals surface area contributed by atoms with Crippen LogP contribution in [0.15, 0.2) is 18.3 Å². The molecule has 0 unspecified atom stereocenters. The molecule has 0 atom stereocenters. The van der Waals surface area contributed by atoms with Gasteiger partial charge in [-0.15, -0.1) is 11.3 Å². The van der Waals surface area contributed by atoms with Crippen LogP contribution in [0.4, 0.5) is 0 Å². The lowest BCUT2D eigenvalue weighted by Gasteiger charge is -2.09. The van der Waals surface area contributed by atoms with E-state index < -0.39 is 0 Å². The molecule has 2 heterocycles. The van der Waals surface area contributed by atoms with Crippen LogP contribution in [-0.2, 0) is 0 Å². The van der Waals surface area contributed by atoms with Crippen molar-refractivity contribution in [2.24, 2.45) is 0 Å². The van der Waals surface area contributed by atoms with Gasteiger partial charge in [-0.1, -0.05) is 0 Å². The van der Waals surface area contributed by atoms with E-state index in [0.29, 0.717) is 4.88 Å². The van der Waals surface area contributed by atoms with E-state index >= 15 is 0 Å². The summed E-state index contributed by atoms with van der Waals surface area (Å²) in [5.41, 5.74) is 3.47. The number of nitrogens with zero attached hydrogens (tertiary/aromatic N) is 2. The monoisotopic (exact) mass is 251 g/mol. The Labute approximate surface area is 103 Å². The summed E-state index contributed by atoms with van der Waals surface area (Å²) in [4.78, 5) is 16.6. The van der Waals surface area contributed by atoms with Gasteiger partial charge in [-0.25, -0.2) is 5.01 Å². The molecule has 0 saturated heterocycles. The Hall–Kier alpha value is -1.66. The molecule has 0 spiro atoms. The van der Waals surface area contributed by atoms with Gasteiger partial charge in [-0.2, -0.15) is 0 Å². The van der Waals surface area contributed by atoms with Gasteiger partial charge in [0, 0.05) is 20.3 Å². The lowest BCUT2D eigenvalue weighted by Crippen LogP contribution is -2.35. The summed E-state index contributed by atoms with van der Waals surface area (Å²) in [6, 6.07) is 3.55. The highest BCUT2D eigenvalue weighted by Gasteiger charge is 2.13. The van der Waals surface area contributed by atoms with Crippen molar-refractivity contribution in [3.8, 4) is 5.75 Å². The summed E-state index contributed by atoms with van der Waals surface area (Å²) < 4.78 is 6.12. The van der Waals surface area contributed by atoms with Gasteiger partial charge in [-0.05, 0) is 12.1 Å². The lowest BCUT2D eigenvalue weighted by molar-refractivity contribution is 0.0861. The maximum atomic E-state index is 11.8. The second-order valence-corrected chi connectivity index (χ2v) is 4.73. The molecule has 0 saturated carbocycles. The molecule has 17 heavy (non-hydrogen) atoms. The minimum absolute atomic E-state index is 0.139. The zero-order valence-electron chi connectivity index (χ0n) is 9.85. The van der Waals surface area contributed by atoms with Crippen LogP contribution in [0.5, 0.6) is 5.75 Å².